The van der Waals surface area contributed by atoms with Gasteiger partial charge in [-0.15, -0.1) is 11.3 Å². The number of carbonyl (C=O) groups is 2. The number of carbonyl (C=O) groups excluding carboxylic acids is 1. The fourth-order valence-corrected chi connectivity index (χ4v) is 2.37. The summed E-state index contributed by atoms with van der Waals surface area (Å²) >= 11 is 1.51. The smallest absolute Gasteiger partial charge is 0.328 e. The highest BCUT2D eigenvalue weighted by Gasteiger charge is 2.13. The summed E-state index contributed by atoms with van der Waals surface area (Å²) in [4.78, 5) is 26.6. The highest BCUT2D eigenvalue weighted by Crippen LogP contribution is 2.18. The predicted molar refractivity (Wildman–Crippen MR) is 76.2 cm³/mol. The van der Waals surface area contributed by atoms with Crippen molar-refractivity contribution >= 4 is 29.4 Å². The Kier molecular flexibility index (Phi) is 5.57. The molecular weight excluding hydrogens is 264 g/mol. The number of hydrogen-bond acceptors (Lipinski definition) is 3. The summed E-state index contributed by atoms with van der Waals surface area (Å²) < 4.78 is 0. The number of carboxylic acid groups (broad SMARTS) is 1. The molecule has 1 rings (SSSR count). The number of aliphatic carboxylic acids is 1. The topological polar surface area (TPSA) is 60.9 Å². The molecule has 0 aliphatic heterocycles. The van der Waals surface area contributed by atoms with Crippen molar-refractivity contribution < 1.29 is 14.7 Å². The number of rotatable bonds is 5. The van der Waals surface area contributed by atoms with E-state index in [1.807, 2.05) is 18.4 Å². The number of carboxylic acids is 1. The third-order valence-electron chi connectivity index (χ3n) is 2.61. The van der Waals surface area contributed by atoms with E-state index in [2.05, 4.69) is 0 Å². The molecule has 104 valence electrons. The van der Waals surface area contributed by atoms with Gasteiger partial charge in [-0.25, -0.2) is 9.59 Å². The summed E-state index contributed by atoms with van der Waals surface area (Å²) in [5, 5.41) is 10.4. The van der Waals surface area contributed by atoms with Crippen molar-refractivity contribution in [2.24, 2.45) is 0 Å². The van der Waals surface area contributed by atoms with Crippen LogP contribution in [0.1, 0.15) is 17.4 Å². The lowest BCUT2D eigenvalue weighted by Gasteiger charge is -2.23. The molecule has 0 spiro atoms. The Bertz CT molecular complexity index is 482. The molecule has 1 N–H and O–H groups in total. The van der Waals surface area contributed by atoms with Gasteiger partial charge in [0.15, 0.2) is 0 Å². The van der Waals surface area contributed by atoms with Crippen LogP contribution in [-0.2, 0) is 11.3 Å². The lowest BCUT2D eigenvalue weighted by atomic mass is 10.3. The molecule has 1 aromatic heterocycles. The minimum Gasteiger partial charge on any atom is -0.478 e. The van der Waals surface area contributed by atoms with Crippen LogP contribution in [0.3, 0.4) is 0 Å². The van der Waals surface area contributed by atoms with Crippen molar-refractivity contribution in [1.29, 1.82) is 0 Å². The Hall–Kier alpha value is -1.82. The van der Waals surface area contributed by atoms with Crippen LogP contribution in [0.2, 0.25) is 0 Å². The first kappa shape index (κ1) is 15.2. The van der Waals surface area contributed by atoms with Gasteiger partial charge in [0.1, 0.15) is 0 Å². The highest BCUT2D eigenvalue weighted by molar-refractivity contribution is 7.10. The maximum Gasteiger partial charge on any atom is 0.328 e. The Morgan fingerprint density at radius 3 is 2.63 bits per heavy atom. The molecule has 1 aromatic rings. The summed E-state index contributed by atoms with van der Waals surface area (Å²) in [6.07, 6.45) is 2.65. The van der Waals surface area contributed by atoms with Gasteiger partial charge in [0.05, 0.1) is 6.54 Å². The van der Waals surface area contributed by atoms with Gasteiger partial charge in [0.2, 0.25) is 0 Å². The van der Waals surface area contributed by atoms with E-state index in [-0.39, 0.29) is 6.03 Å². The Labute approximate surface area is 116 Å². The van der Waals surface area contributed by atoms with E-state index in [4.69, 9.17) is 5.11 Å². The van der Waals surface area contributed by atoms with E-state index >= 15 is 0 Å². The van der Waals surface area contributed by atoms with Crippen LogP contribution in [0.25, 0.3) is 6.08 Å². The maximum atomic E-state index is 11.9. The minimum absolute atomic E-state index is 0.0291. The fourth-order valence-electron chi connectivity index (χ4n) is 1.46. The molecule has 0 fully saturated rings. The second kappa shape index (κ2) is 6.94. The van der Waals surface area contributed by atoms with Crippen molar-refractivity contribution in [3.8, 4) is 0 Å². The van der Waals surface area contributed by atoms with Crippen LogP contribution >= 0.6 is 11.3 Å². The zero-order valence-corrected chi connectivity index (χ0v) is 12.1. The Balaban J connectivity index is 2.63. The van der Waals surface area contributed by atoms with Crippen molar-refractivity contribution in [2.45, 2.75) is 13.5 Å². The molecule has 0 unspecified atom stereocenters. The molecule has 0 bridgehead atoms. The van der Waals surface area contributed by atoms with E-state index < -0.39 is 5.97 Å². The van der Waals surface area contributed by atoms with E-state index in [9.17, 15) is 9.59 Å². The maximum absolute atomic E-state index is 11.9. The lowest BCUT2D eigenvalue weighted by molar-refractivity contribution is -0.131. The van der Waals surface area contributed by atoms with Crippen LogP contribution in [0.4, 0.5) is 4.79 Å². The van der Waals surface area contributed by atoms with Crippen LogP contribution < -0.4 is 0 Å². The average Bonchev–Trinajstić information content (AvgIpc) is 2.82. The molecule has 2 amide bonds. The minimum atomic E-state index is -0.968. The van der Waals surface area contributed by atoms with Gasteiger partial charge >= 0.3 is 12.0 Å². The molecule has 0 atom stereocenters. The molecule has 19 heavy (non-hydrogen) atoms. The molecular formula is C13H18N2O3S. The van der Waals surface area contributed by atoms with Crippen molar-refractivity contribution in [3.05, 3.63) is 28.0 Å². The first-order valence-electron chi connectivity index (χ1n) is 5.88. The largest absolute Gasteiger partial charge is 0.478 e. The summed E-state index contributed by atoms with van der Waals surface area (Å²) in [5.74, 6) is -0.968. The van der Waals surface area contributed by atoms with E-state index in [1.165, 1.54) is 11.3 Å². The van der Waals surface area contributed by atoms with Gasteiger partial charge in [0, 0.05) is 31.6 Å². The third kappa shape index (κ3) is 4.75. The van der Waals surface area contributed by atoms with Gasteiger partial charge in [-0.3, -0.25) is 0 Å². The summed E-state index contributed by atoms with van der Waals surface area (Å²) in [5.41, 5.74) is 0.840. The van der Waals surface area contributed by atoms with Crippen molar-refractivity contribution in [1.82, 2.24) is 9.80 Å². The third-order valence-corrected chi connectivity index (χ3v) is 3.55. The molecule has 5 nitrogen and oxygen atoms in total. The summed E-state index contributed by atoms with van der Waals surface area (Å²) in [6, 6.07) is 1.86. The monoisotopic (exact) mass is 282 g/mol. The van der Waals surface area contributed by atoms with Crippen LogP contribution in [-0.4, -0.2) is 47.5 Å². The molecule has 0 aliphatic rings. The number of hydrogen-bond donors (Lipinski definition) is 1. The molecule has 0 aliphatic carbocycles. The van der Waals surface area contributed by atoms with Crippen molar-refractivity contribution in [3.63, 3.8) is 0 Å². The zero-order valence-electron chi connectivity index (χ0n) is 11.3. The number of nitrogens with zero attached hydrogens (tertiary/aromatic N) is 2. The SMILES string of the molecule is CCN(C)C(=O)N(C)Cc1cc(C=CC(=O)O)cs1. The molecule has 1 heterocycles. The first-order valence-corrected chi connectivity index (χ1v) is 6.76. The summed E-state index contributed by atoms with van der Waals surface area (Å²) in [7, 11) is 3.51. The highest BCUT2D eigenvalue weighted by atomic mass is 32.1. The second-order valence-corrected chi connectivity index (χ2v) is 5.17. The number of amides is 2. The molecule has 6 heteroatoms. The van der Waals surface area contributed by atoms with Crippen LogP contribution in [0, 0.1) is 0 Å². The lowest BCUT2D eigenvalue weighted by Crippen LogP contribution is -2.37. The summed E-state index contributed by atoms with van der Waals surface area (Å²) in [6.45, 7) is 3.11. The zero-order chi connectivity index (χ0) is 14.4. The first-order chi connectivity index (χ1) is 8.93. The number of urea groups is 1. The van der Waals surface area contributed by atoms with E-state index in [0.29, 0.717) is 13.1 Å². The quantitative estimate of drug-likeness (QED) is 0.843. The molecule has 0 aromatic carbocycles. The van der Waals surface area contributed by atoms with Crippen molar-refractivity contribution in [2.75, 3.05) is 20.6 Å². The normalized spacial score (nSPS) is 10.7. The van der Waals surface area contributed by atoms with Crippen LogP contribution in [0.5, 0.6) is 0 Å². The van der Waals surface area contributed by atoms with Gasteiger partial charge in [0.25, 0.3) is 0 Å². The predicted octanol–water partition coefficient (Wildman–Crippen LogP) is 2.35. The van der Waals surface area contributed by atoms with E-state index in [0.717, 1.165) is 16.5 Å². The Morgan fingerprint density at radius 1 is 1.37 bits per heavy atom. The van der Waals surface area contributed by atoms with Gasteiger partial charge < -0.3 is 14.9 Å². The van der Waals surface area contributed by atoms with Gasteiger partial charge in [-0.1, -0.05) is 0 Å². The van der Waals surface area contributed by atoms with Gasteiger partial charge in [-0.2, -0.15) is 0 Å². The Morgan fingerprint density at radius 2 is 2.05 bits per heavy atom. The standard InChI is InChI=1S/C13H18N2O3S/c1-4-14(2)13(18)15(3)8-11-7-10(9-19-11)5-6-12(16)17/h5-7,9H,4,8H2,1-3H3,(H,16,17). The van der Waals surface area contributed by atoms with Crippen LogP contribution in [0.15, 0.2) is 17.5 Å². The van der Waals surface area contributed by atoms with E-state index in [1.54, 1.807) is 30.0 Å². The average molecular weight is 282 g/mol. The number of thiophene rings is 1. The fraction of sp³-hybridized carbons (Fsp3) is 0.385. The van der Waals surface area contributed by atoms with Gasteiger partial charge in [-0.05, 0) is 30.0 Å². The molecule has 0 saturated heterocycles. The molecule has 0 saturated carbocycles. The molecule has 0 radical (unpaired) electrons. The second-order valence-electron chi connectivity index (χ2n) is 4.17.